The maximum Gasteiger partial charge on any atom is 0.158 e. The molecule has 0 amide bonds. The third kappa shape index (κ3) is 3.54. The Labute approximate surface area is 107 Å². The summed E-state index contributed by atoms with van der Waals surface area (Å²) in [5.41, 5.74) is 0. The van der Waals surface area contributed by atoms with Crippen LogP contribution in [0, 0.1) is 5.92 Å². The molecule has 1 aliphatic rings. The largest absolute Gasteiger partial charge is 0.377 e. The first-order valence-electron chi connectivity index (χ1n) is 5.96. The maximum atomic E-state index is 5.95. The number of nitrogens with zero attached hydrogens (tertiary/aromatic N) is 2. The van der Waals surface area contributed by atoms with E-state index in [4.69, 9.17) is 16.3 Å². The van der Waals surface area contributed by atoms with Crippen LogP contribution in [0.2, 0.25) is 5.15 Å². The number of ether oxygens (including phenoxy) is 1. The molecule has 2 rings (SSSR count). The molecular formula is C12H18ClN3O. The zero-order valence-electron chi connectivity index (χ0n) is 10.2. The lowest BCUT2D eigenvalue weighted by molar-refractivity contribution is 0.178. The van der Waals surface area contributed by atoms with Crippen molar-refractivity contribution in [1.82, 2.24) is 9.97 Å². The number of hydrogen-bond acceptors (Lipinski definition) is 4. The van der Waals surface area contributed by atoms with Crippen LogP contribution >= 0.6 is 11.6 Å². The number of hydrogen-bond donors (Lipinski definition) is 1. The molecule has 0 aromatic carbocycles. The third-order valence-corrected chi connectivity index (χ3v) is 3.26. The van der Waals surface area contributed by atoms with Crippen LogP contribution in [0.15, 0.2) is 6.07 Å². The van der Waals surface area contributed by atoms with E-state index >= 15 is 0 Å². The molecule has 17 heavy (non-hydrogen) atoms. The molecular weight excluding hydrogens is 238 g/mol. The normalized spacial score (nSPS) is 23.9. The fourth-order valence-electron chi connectivity index (χ4n) is 2.28. The minimum absolute atomic E-state index is 0.385. The Kier molecular flexibility index (Phi) is 4.18. The smallest absolute Gasteiger partial charge is 0.158 e. The van der Waals surface area contributed by atoms with Crippen LogP contribution in [0.5, 0.6) is 0 Å². The van der Waals surface area contributed by atoms with E-state index in [0.29, 0.717) is 23.6 Å². The van der Waals surface area contributed by atoms with E-state index < -0.39 is 0 Å². The maximum absolute atomic E-state index is 5.95. The fraction of sp³-hybridized carbons (Fsp3) is 0.667. The molecule has 1 fully saturated rings. The summed E-state index contributed by atoms with van der Waals surface area (Å²) in [6.07, 6.45) is 3.67. The van der Waals surface area contributed by atoms with Gasteiger partial charge in [0.25, 0.3) is 0 Å². The zero-order valence-corrected chi connectivity index (χ0v) is 11.0. The average molecular weight is 256 g/mol. The molecule has 1 heterocycles. The van der Waals surface area contributed by atoms with Crippen molar-refractivity contribution in [2.45, 2.75) is 38.8 Å². The van der Waals surface area contributed by atoms with Crippen molar-refractivity contribution < 1.29 is 4.74 Å². The van der Waals surface area contributed by atoms with Crippen LogP contribution in [0.3, 0.4) is 0 Å². The SMILES string of the molecule is COCc1nc(Cl)cc(NC2CCC(C)C2)n1. The molecule has 5 heteroatoms. The summed E-state index contributed by atoms with van der Waals surface area (Å²) in [7, 11) is 1.62. The molecule has 1 N–H and O–H groups in total. The van der Waals surface area contributed by atoms with Gasteiger partial charge in [-0.15, -0.1) is 0 Å². The van der Waals surface area contributed by atoms with Crippen LogP contribution in [0.25, 0.3) is 0 Å². The summed E-state index contributed by atoms with van der Waals surface area (Å²) < 4.78 is 5.01. The van der Waals surface area contributed by atoms with Crippen LogP contribution < -0.4 is 5.32 Å². The van der Waals surface area contributed by atoms with Gasteiger partial charge >= 0.3 is 0 Å². The zero-order chi connectivity index (χ0) is 12.3. The Bertz CT molecular complexity index is 386. The second-order valence-electron chi connectivity index (χ2n) is 4.68. The van der Waals surface area contributed by atoms with Gasteiger partial charge in [-0.05, 0) is 25.2 Å². The van der Waals surface area contributed by atoms with Crippen LogP contribution in [-0.2, 0) is 11.3 Å². The summed E-state index contributed by atoms with van der Waals surface area (Å²) in [5, 5.41) is 3.88. The number of halogens is 1. The number of methoxy groups -OCH3 is 1. The van der Waals surface area contributed by atoms with E-state index in [1.165, 1.54) is 19.3 Å². The lowest BCUT2D eigenvalue weighted by Gasteiger charge is -2.13. The van der Waals surface area contributed by atoms with Gasteiger partial charge in [-0.2, -0.15) is 0 Å². The van der Waals surface area contributed by atoms with Crippen molar-refractivity contribution in [2.24, 2.45) is 5.92 Å². The summed E-state index contributed by atoms with van der Waals surface area (Å²) >= 11 is 5.95. The van der Waals surface area contributed by atoms with Gasteiger partial charge in [-0.1, -0.05) is 18.5 Å². The molecule has 1 aliphatic carbocycles. The first-order valence-corrected chi connectivity index (χ1v) is 6.34. The van der Waals surface area contributed by atoms with Gasteiger partial charge in [0, 0.05) is 19.2 Å². The molecule has 94 valence electrons. The molecule has 0 radical (unpaired) electrons. The number of anilines is 1. The van der Waals surface area contributed by atoms with E-state index in [2.05, 4.69) is 22.2 Å². The molecule has 0 spiro atoms. The second kappa shape index (κ2) is 5.65. The Hall–Kier alpha value is -0.870. The Morgan fingerprint density at radius 2 is 2.29 bits per heavy atom. The molecule has 4 nitrogen and oxygen atoms in total. The van der Waals surface area contributed by atoms with Crippen molar-refractivity contribution in [2.75, 3.05) is 12.4 Å². The van der Waals surface area contributed by atoms with Gasteiger partial charge in [-0.3, -0.25) is 0 Å². The standard InChI is InChI=1S/C12H18ClN3O/c1-8-3-4-9(5-8)14-11-6-10(13)15-12(16-11)7-17-2/h6,8-9H,3-5,7H2,1-2H3,(H,14,15,16). The molecule has 2 unspecified atom stereocenters. The van der Waals surface area contributed by atoms with Crippen molar-refractivity contribution >= 4 is 17.4 Å². The number of nitrogens with one attached hydrogen (secondary N) is 1. The van der Waals surface area contributed by atoms with E-state index in [1.807, 2.05) is 0 Å². The van der Waals surface area contributed by atoms with Gasteiger partial charge in [-0.25, -0.2) is 9.97 Å². The summed E-state index contributed by atoms with van der Waals surface area (Å²) in [6, 6.07) is 2.27. The van der Waals surface area contributed by atoms with Crippen molar-refractivity contribution in [3.8, 4) is 0 Å². The van der Waals surface area contributed by atoms with E-state index in [9.17, 15) is 0 Å². The average Bonchev–Trinajstić information content (AvgIpc) is 2.63. The highest BCUT2D eigenvalue weighted by Gasteiger charge is 2.21. The quantitative estimate of drug-likeness (QED) is 0.841. The van der Waals surface area contributed by atoms with Gasteiger partial charge in [0.05, 0.1) is 0 Å². The van der Waals surface area contributed by atoms with Crippen molar-refractivity contribution in [3.05, 3.63) is 17.0 Å². The highest BCUT2D eigenvalue weighted by atomic mass is 35.5. The summed E-state index contributed by atoms with van der Waals surface area (Å²) in [4.78, 5) is 8.48. The minimum atomic E-state index is 0.385. The van der Waals surface area contributed by atoms with Crippen LogP contribution in [0.4, 0.5) is 5.82 Å². The Balaban J connectivity index is 2.04. The highest BCUT2D eigenvalue weighted by Crippen LogP contribution is 2.27. The first-order chi connectivity index (χ1) is 8.17. The van der Waals surface area contributed by atoms with Crippen LogP contribution in [-0.4, -0.2) is 23.1 Å². The molecule has 1 aromatic rings. The van der Waals surface area contributed by atoms with E-state index in [-0.39, 0.29) is 0 Å². The molecule has 0 aliphatic heterocycles. The predicted octanol–water partition coefficient (Wildman–Crippen LogP) is 2.88. The van der Waals surface area contributed by atoms with Crippen molar-refractivity contribution in [1.29, 1.82) is 0 Å². The number of rotatable bonds is 4. The third-order valence-electron chi connectivity index (χ3n) is 3.06. The summed E-state index contributed by atoms with van der Waals surface area (Å²) in [5.74, 6) is 2.22. The molecule has 1 aromatic heterocycles. The van der Waals surface area contributed by atoms with Gasteiger partial charge < -0.3 is 10.1 Å². The molecule has 0 bridgehead atoms. The second-order valence-corrected chi connectivity index (χ2v) is 5.07. The Morgan fingerprint density at radius 3 is 2.94 bits per heavy atom. The molecule has 1 saturated carbocycles. The number of aromatic nitrogens is 2. The molecule has 0 saturated heterocycles. The van der Waals surface area contributed by atoms with Gasteiger partial charge in [0.2, 0.25) is 0 Å². The fourth-order valence-corrected chi connectivity index (χ4v) is 2.48. The highest BCUT2D eigenvalue weighted by molar-refractivity contribution is 6.29. The molecule has 2 atom stereocenters. The van der Waals surface area contributed by atoms with Gasteiger partial charge in [0.15, 0.2) is 5.82 Å². The van der Waals surface area contributed by atoms with Crippen LogP contribution in [0.1, 0.15) is 32.0 Å². The topological polar surface area (TPSA) is 47.0 Å². The van der Waals surface area contributed by atoms with E-state index in [0.717, 1.165) is 11.7 Å². The van der Waals surface area contributed by atoms with Crippen molar-refractivity contribution in [3.63, 3.8) is 0 Å². The monoisotopic (exact) mass is 255 g/mol. The minimum Gasteiger partial charge on any atom is -0.377 e. The van der Waals surface area contributed by atoms with E-state index in [1.54, 1.807) is 13.2 Å². The first kappa shape index (κ1) is 12.6. The lowest BCUT2D eigenvalue weighted by Crippen LogP contribution is -2.17. The predicted molar refractivity (Wildman–Crippen MR) is 68.2 cm³/mol. The van der Waals surface area contributed by atoms with Gasteiger partial charge in [0.1, 0.15) is 17.6 Å². The summed E-state index contributed by atoms with van der Waals surface area (Å²) in [6.45, 7) is 2.67. The Morgan fingerprint density at radius 1 is 1.47 bits per heavy atom. The lowest BCUT2D eigenvalue weighted by atomic mass is 10.1.